The van der Waals surface area contributed by atoms with Crippen molar-refractivity contribution < 1.29 is 9.90 Å². The molecule has 2 atom stereocenters. The van der Waals surface area contributed by atoms with Crippen molar-refractivity contribution in [3.63, 3.8) is 0 Å². The Morgan fingerprint density at radius 1 is 1.57 bits per heavy atom. The van der Waals surface area contributed by atoms with E-state index >= 15 is 0 Å². The first-order chi connectivity index (χ1) is 6.67. The minimum atomic E-state index is -0.0507. The lowest BCUT2D eigenvalue weighted by Crippen LogP contribution is -2.34. The van der Waals surface area contributed by atoms with Gasteiger partial charge in [0.25, 0.3) is 0 Å². The van der Waals surface area contributed by atoms with Crippen LogP contribution in [0.3, 0.4) is 0 Å². The van der Waals surface area contributed by atoms with E-state index in [1.807, 2.05) is 6.08 Å². The van der Waals surface area contributed by atoms with Gasteiger partial charge in [0.15, 0.2) is 5.78 Å². The largest absolute Gasteiger partial charge is 0.515 e. The maximum atomic E-state index is 11.5. The molecule has 0 fully saturated rings. The molecule has 2 nitrogen and oxygen atoms in total. The number of rotatable bonds is 0. The summed E-state index contributed by atoms with van der Waals surface area (Å²) >= 11 is 0. The Morgan fingerprint density at radius 2 is 2.36 bits per heavy atom. The summed E-state index contributed by atoms with van der Waals surface area (Å²) in [4.78, 5) is 11.5. The monoisotopic (exact) mass is 190 g/mol. The Hall–Kier alpha value is -1.31. The maximum absolute atomic E-state index is 11.5. The van der Waals surface area contributed by atoms with Crippen molar-refractivity contribution in [1.82, 2.24) is 0 Å². The molecule has 1 N–H and O–H groups in total. The Labute approximate surface area is 83.6 Å². The van der Waals surface area contributed by atoms with E-state index in [4.69, 9.17) is 5.11 Å². The molecule has 0 amide bonds. The average molecular weight is 190 g/mol. The minimum absolute atomic E-state index is 0.0111. The standard InChI is InChI=1S/C12H14O2/c1-12-6-3-2-4-10(12)9(8-13)11(14)5-7-12/h2-3,5,7-8,10,13H,4,6H2,1H3/b9-8+. The van der Waals surface area contributed by atoms with Gasteiger partial charge in [0.05, 0.1) is 6.26 Å². The van der Waals surface area contributed by atoms with Crippen molar-refractivity contribution >= 4 is 5.78 Å². The van der Waals surface area contributed by atoms with Gasteiger partial charge in [0, 0.05) is 11.5 Å². The van der Waals surface area contributed by atoms with Gasteiger partial charge in [0.2, 0.25) is 0 Å². The van der Waals surface area contributed by atoms with Crippen LogP contribution in [0, 0.1) is 11.3 Å². The van der Waals surface area contributed by atoms with Gasteiger partial charge >= 0.3 is 0 Å². The molecule has 2 heteroatoms. The third-order valence-electron chi connectivity index (χ3n) is 3.31. The second-order valence-corrected chi connectivity index (χ2v) is 4.25. The van der Waals surface area contributed by atoms with Gasteiger partial charge in [-0.3, -0.25) is 4.79 Å². The third kappa shape index (κ3) is 1.22. The van der Waals surface area contributed by atoms with E-state index in [2.05, 4.69) is 19.1 Å². The van der Waals surface area contributed by atoms with E-state index in [9.17, 15) is 4.79 Å². The topological polar surface area (TPSA) is 37.3 Å². The summed E-state index contributed by atoms with van der Waals surface area (Å²) in [5, 5.41) is 9.07. The van der Waals surface area contributed by atoms with E-state index in [-0.39, 0.29) is 17.1 Å². The molecule has 0 aromatic rings. The summed E-state index contributed by atoms with van der Waals surface area (Å²) < 4.78 is 0. The predicted molar refractivity (Wildman–Crippen MR) is 54.8 cm³/mol. The van der Waals surface area contributed by atoms with Gasteiger partial charge in [-0.1, -0.05) is 25.2 Å². The van der Waals surface area contributed by atoms with Crippen molar-refractivity contribution in [3.8, 4) is 0 Å². The zero-order valence-electron chi connectivity index (χ0n) is 8.23. The Bertz CT molecular complexity index is 349. The number of ketones is 1. The van der Waals surface area contributed by atoms with Crippen LogP contribution in [-0.2, 0) is 4.79 Å². The molecule has 0 radical (unpaired) electrons. The van der Waals surface area contributed by atoms with E-state index in [1.54, 1.807) is 6.08 Å². The molecule has 0 saturated heterocycles. The van der Waals surface area contributed by atoms with Crippen molar-refractivity contribution in [2.24, 2.45) is 11.3 Å². The molecule has 2 aliphatic carbocycles. The lowest BCUT2D eigenvalue weighted by molar-refractivity contribution is -0.112. The van der Waals surface area contributed by atoms with Crippen molar-refractivity contribution in [2.75, 3.05) is 0 Å². The van der Waals surface area contributed by atoms with Crippen LogP contribution < -0.4 is 0 Å². The van der Waals surface area contributed by atoms with Crippen molar-refractivity contribution in [2.45, 2.75) is 19.8 Å². The Morgan fingerprint density at radius 3 is 3.07 bits per heavy atom. The first-order valence-corrected chi connectivity index (χ1v) is 4.90. The van der Waals surface area contributed by atoms with Gasteiger partial charge < -0.3 is 5.11 Å². The fourth-order valence-electron chi connectivity index (χ4n) is 2.34. The average Bonchev–Trinajstić information content (AvgIpc) is 2.19. The number of carbonyl (C=O) groups is 1. The summed E-state index contributed by atoms with van der Waals surface area (Å²) in [6.45, 7) is 2.13. The molecule has 0 aliphatic heterocycles. The predicted octanol–water partition coefficient (Wildman–Crippen LogP) is 2.54. The minimum Gasteiger partial charge on any atom is -0.515 e. The molecule has 0 spiro atoms. The molecule has 0 aromatic heterocycles. The van der Waals surface area contributed by atoms with Crippen LogP contribution in [-0.4, -0.2) is 10.9 Å². The quantitative estimate of drug-likeness (QED) is 0.362. The molecule has 2 aliphatic rings. The molecule has 14 heavy (non-hydrogen) atoms. The summed E-state index contributed by atoms with van der Waals surface area (Å²) in [5.74, 6) is 0.0975. The van der Waals surface area contributed by atoms with Gasteiger partial charge in [-0.15, -0.1) is 0 Å². The van der Waals surface area contributed by atoms with Gasteiger partial charge in [-0.2, -0.15) is 0 Å². The van der Waals surface area contributed by atoms with Gasteiger partial charge in [0.1, 0.15) is 0 Å². The van der Waals surface area contributed by atoms with Crippen LogP contribution in [0.1, 0.15) is 19.8 Å². The second kappa shape index (κ2) is 3.12. The highest BCUT2D eigenvalue weighted by molar-refractivity contribution is 6.05. The second-order valence-electron chi connectivity index (χ2n) is 4.25. The van der Waals surface area contributed by atoms with Crippen molar-refractivity contribution in [1.29, 1.82) is 0 Å². The number of carbonyl (C=O) groups excluding carboxylic acids is 1. The first kappa shape index (κ1) is 9.25. The molecular formula is C12H14O2. The number of allylic oxidation sites excluding steroid dienone is 5. The van der Waals surface area contributed by atoms with Crippen LogP contribution in [0.2, 0.25) is 0 Å². The number of hydrogen-bond donors (Lipinski definition) is 1. The summed E-state index contributed by atoms with van der Waals surface area (Å²) in [6.07, 6.45) is 10.6. The molecule has 0 aromatic carbocycles. The molecule has 2 rings (SSSR count). The number of hydrogen-bond acceptors (Lipinski definition) is 2. The van der Waals surface area contributed by atoms with Crippen LogP contribution in [0.4, 0.5) is 0 Å². The Balaban J connectivity index is 2.46. The third-order valence-corrected chi connectivity index (χ3v) is 3.31. The fourth-order valence-corrected chi connectivity index (χ4v) is 2.34. The molecular weight excluding hydrogens is 176 g/mol. The molecule has 2 unspecified atom stereocenters. The maximum Gasteiger partial charge on any atom is 0.184 e. The lowest BCUT2D eigenvalue weighted by atomic mass is 9.64. The van der Waals surface area contributed by atoms with Crippen LogP contribution in [0.25, 0.3) is 0 Å². The first-order valence-electron chi connectivity index (χ1n) is 4.90. The van der Waals surface area contributed by atoms with Crippen LogP contribution in [0.5, 0.6) is 0 Å². The van der Waals surface area contributed by atoms with Crippen molar-refractivity contribution in [3.05, 3.63) is 36.1 Å². The number of aliphatic hydroxyl groups excluding tert-OH is 1. The zero-order valence-corrected chi connectivity index (χ0v) is 8.23. The smallest absolute Gasteiger partial charge is 0.184 e. The number of aliphatic hydroxyl groups is 1. The summed E-state index contributed by atoms with van der Waals surface area (Å²) in [5.41, 5.74) is 0.566. The number of fused-ring (bicyclic) bond motifs is 1. The van der Waals surface area contributed by atoms with Gasteiger partial charge in [-0.25, -0.2) is 0 Å². The highest BCUT2D eigenvalue weighted by Gasteiger charge is 2.39. The Kier molecular flexibility index (Phi) is 2.06. The summed E-state index contributed by atoms with van der Waals surface area (Å²) in [7, 11) is 0. The molecule has 0 heterocycles. The van der Waals surface area contributed by atoms with E-state index in [0.717, 1.165) is 19.1 Å². The normalized spacial score (nSPS) is 38.8. The van der Waals surface area contributed by atoms with E-state index < -0.39 is 0 Å². The fraction of sp³-hybridized carbons (Fsp3) is 0.417. The van der Waals surface area contributed by atoms with Crippen LogP contribution >= 0.6 is 0 Å². The molecule has 0 bridgehead atoms. The molecule has 0 saturated carbocycles. The lowest BCUT2D eigenvalue weighted by Gasteiger charge is -2.39. The molecule has 74 valence electrons. The van der Waals surface area contributed by atoms with Crippen LogP contribution in [0.15, 0.2) is 36.1 Å². The highest BCUT2D eigenvalue weighted by atomic mass is 16.2. The summed E-state index contributed by atoms with van der Waals surface area (Å²) in [6, 6.07) is 0. The SMILES string of the molecule is CC12C=CC(=O)/C(=C/O)C1CC=CC2. The van der Waals surface area contributed by atoms with E-state index in [1.165, 1.54) is 0 Å². The zero-order chi connectivity index (χ0) is 10.2. The van der Waals surface area contributed by atoms with E-state index in [0.29, 0.717) is 5.57 Å². The van der Waals surface area contributed by atoms with Gasteiger partial charge in [-0.05, 0) is 24.3 Å². The highest BCUT2D eigenvalue weighted by Crippen LogP contribution is 2.45.